The van der Waals surface area contributed by atoms with Crippen molar-refractivity contribution in [2.45, 2.75) is 51.0 Å². The van der Waals surface area contributed by atoms with Gasteiger partial charge in [0.1, 0.15) is 11.6 Å². The second kappa shape index (κ2) is 7.52. The molecule has 1 aliphatic rings. The molecule has 4 nitrogen and oxygen atoms in total. The van der Waals surface area contributed by atoms with Crippen LogP contribution in [0.4, 0.5) is 11.6 Å². The number of hydrogen-bond donors (Lipinski definition) is 3. The van der Waals surface area contributed by atoms with Crippen LogP contribution in [0.3, 0.4) is 0 Å². The largest absolute Gasteiger partial charge is 0.388 e. The number of pyridine rings is 1. The molecule has 1 saturated carbocycles. The standard InChI is InChI=1S/C15H23Cl2N3O/c1-2-8-18-13-11(16)9-12(17)14(20-13)19-10-15(21)6-4-3-5-7-15/h9,21H,2-8,10H2,1H3,(H2,18,19,20). The topological polar surface area (TPSA) is 57.2 Å². The molecule has 21 heavy (non-hydrogen) atoms. The Labute approximate surface area is 136 Å². The smallest absolute Gasteiger partial charge is 0.147 e. The Bertz CT molecular complexity index is 476. The summed E-state index contributed by atoms with van der Waals surface area (Å²) in [4.78, 5) is 4.43. The Balaban J connectivity index is 2.04. The van der Waals surface area contributed by atoms with E-state index in [0.29, 0.717) is 28.2 Å². The fourth-order valence-corrected chi connectivity index (χ4v) is 3.09. The molecule has 118 valence electrons. The lowest BCUT2D eigenvalue weighted by atomic mass is 9.85. The minimum absolute atomic E-state index is 0.467. The molecular weight excluding hydrogens is 309 g/mol. The highest BCUT2D eigenvalue weighted by Crippen LogP contribution is 2.32. The zero-order valence-corrected chi connectivity index (χ0v) is 13.9. The first kappa shape index (κ1) is 16.7. The molecular formula is C15H23Cl2N3O. The number of hydrogen-bond acceptors (Lipinski definition) is 4. The van der Waals surface area contributed by atoms with Gasteiger partial charge in [-0.25, -0.2) is 4.98 Å². The lowest BCUT2D eigenvalue weighted by molar-refractivity contribution is 0.0166. The molecule has 0 unspecified atom stereocenters. The van der Waals surface area contributed by atoms with Crippen molar-refractivity contribution in [1.82, 2.24) is 4.98 Å². The quantitative estimate of drug-likeness (QED) is 0.726. The van der Waals surface area contributed by atoms with Gasteiger partial charge in [0, 0.05) is 13.1 Å². The number of nitrogens with zero attached hydrogens (tertiary/aromatic N) is 1. The monoisotopic (exact) mass is 331 g/mol. The second-order valence-electron chi connectivity index (χ2n) is 5.71. The van der Waals surface area contributed by atoms with E-state index in [1.165, 1.54) is 6.42 Å². The van der Waals surface area contributed by atoms with Gasteiger partial charge in [0.15, 0.2) is 0 Å². The number of nitrogens with one attached hydrogen (secondary N) is 2. The number of aliphatic hydroxyl groups is 1. The SMILES string of the molecule is CCCNc1nc(NCC2(O)CCCCC2)c(Cl)cc1Cl. The summed E-state index contributed by atoms with van der Waals surface area (Å²) in [6.07, 6.45) is 5.99. The van der Waals surface area contributed by atoms with E-state index >= 15 is 0 Å². The number of anilines is 2. The van der Waals surface area contributed by atoms with E-state index in [4.69, 9.17) is 23.2 Å². The molecule has 1 fully saturated rings. The fraction of sp³-hybridized carbons (Fsp3) is 0.667. The Morgan fingerprint density at radius 3 is 2.38 bits per heavy atom. The van der Waals surface area contributed by atoms with Crippen molar-refractivity contribution in [1.29, 1.82) is 0 Å². The normalized spacial score (nSPS) is 17.5. The highest BCUT2D eigenvalue weighted by Gasteiger charge is 2.29. The van der Waals surface area contributed by atoms with E-state index in [1.807, 2.05) is 0 Å². The molecule has 0 aliphatic heterocycles. The average molecular weight is 332 g/mol. The number of rotatable bonds is 6. The van der Waals surface area contributed by atoms with Crippen LogP contribution in [0, 0.1) is 0 Å². The van der Waals surface area contributed by atoms with Gasteiger partial charge in [-0.1, -0.05) is 49.4 Å². The van der Waals surface area contributed by atoms with Crippen LogP contribution >= 0.6 is 23.2 Å². The Morgan fingerprint density at radius 2 is 1.76 bits per heavy atom. The van der Waals surface area contributed by atoms with Gasteiger partial charge in [-0.15, -0.1) is 0 Å². The highest BCUT2D eigenvalue weighted by atomic mass is 35.5. The van der Waals surface area contributed by atoms with Gasteiger partial charge < -0.3 is 15.7 Å². The predicted octanol–water partition coefficient (Wildman–Crippen LogP) is 4.32. The van der Waals surface area contributed by atoms with Gasteiger partial charge in [-0.3, -0.25) is 0 Å². The van der Waals surface area contributed by atoms with E-state index in [1.54, 1.807) is 6.07 Å². The third kappa shape index (κ3) is 4.63. The molecule has 3 N–H and O–H groups in total. The summed E-state index contributed by atoms with van der Waals surface area (Å²) in [7, 11) is 0. The maximum atomic E-state index is 10.5. The molecule has 1 aromatic rings. The molecule has 0 aromatic carbocycles. The summed E-state index contributed by atoms with van der Waals surface area (Å²) in [6.45, 7) is 3.35. The first-order valence-corrected chi connectivity index (χ1v) is 8.36. The Hall–Kier alpha value is -0.710. The van der Waals surface area contributed by atoms with Gasteiger partial charge in [0.05, 0.1) is 15.6 Å². The molecule has 0 atom stereocenters. The van der Waals surface area contributed by atoms with Crippen LogP contribution in [0.25, 0.3) is 0 Å². The van der Waals surface area contributed by atoms with Crippen LogP contribution in [0.2, 0.25) is 10.0 Å². The van der Waals surface area contributed by atoms with Gasteiger partial charge in [0.25, 0.3) is 0 Å². The second-order valence-corrected chi connectivity index (χ2v) is 6.53. The van der Waals surface area contributed by atoms with E-state index < -0.39 is 5.60 Å². The molecule has 6 heteroatoms. The van der Waals surface area contributed by atoms with Crippen LogP contribution in [-0.4, -0.2) is 28.8 Å². The maximum absolute atomic E-state index is 10.5. The van der Waals surface area contributed by atoms with Crippen molar-refractivity contribution in [3.63, 3.8) is 0 Å². The highest BCUT2D eigenvalue weighted by molar-refractivity contribution is 6.37. The molecule has 2 rings (SSSR count). The molecule has 0 radical (unpaired) electrons. The van der Waals surface area contributed by atoms with Crippen molar-refractivity contribution in [2.75, 3.05) is 23.7 Å². The summed E-state index contributed by atoms with van der Waals surface area (Å²) in [6, 6.07) is 1.68. The van der Waals surface area contributed by atoms with Gasteiger partial charge >= 0.3 is 0 Å². The Kier molecular flexibility index (Phi) is 5.97. The molecule has 1 aromatic heterocycles. The van der Waals surface area contributed by atoms with Gasteiger partial charge in [-0.05, 0) is 25.3 Å². The lowest BCUT2D eigenvalue weighted by Crippen LogP contribution is -2.39. The first-order chi connectivity index (χ1) is 10.0. The number of aromatic nitrogens is 1. The zero-order valence-electron chi connectivity index (χ0n) is 12.4. The molecule has 0 bridgehead atoms. The van der Waals surface area contributed by atoms with E-state index in [-0.39, 0.29) is 0 Å². The fourth-order valence-electron chi connectivity index (χ4n) is 2.59. The van der Waals surface area contributed by atoms with Crippen molar-refractivity contribution in [2.24, 2.45) is 0 Å². The van der Waals surface area contributed by atoms with Crippen molar-refractivity contribution < 1.29 is 5.11 Å². The summed E-state index contributed by atoms with van der Waals surface area (Å²) in [5.41, 5.74) is -0.653. The minimum atomic E-state index is -0.653. The molecule has 1 aliphatic carbocycles. The van der Waals surface area contributed by atoms with Crippen LogP contribution in [0.5, 0.6) is 0 Å². The van der Waals surface area contributed by atoms with E-state index in [9.17, 15) is 5.11 Å². The van der Waals surface area contributed by atoms with Crippen LogP contribution < -0.4 is 10.6 Å². The van der Waals surface area contributed by atoms with Crippen molar-refractivity contribution in [3.8, 4) is 0 Å². The summed E-state index contributed by atoms with van der Waals surface area (Å²) in [5, 5.41) is 17.8. The lowest BCUT2D eigenvalue weighted by Gasteiger charge is -2.32. The third-order valence-electron chi connectivity index (χ3n) is 3.84. The van der Waals surface area contributed by atoms with Crippen LogP contribution in [-0.2, 0) is 0 Å². The molecule has 1 heterocycles. The third-order valence-corrected chi connectivity index (χ3v) is 4.42. The molecule has 0 spiro atoms. The minimum Gasteiger partial charge on any atom is -0.388 e. The van der Waals surface area contributed by atoms with E-state index in [0.717, 1.165) is 38.6 Å². The predicted molar refractivity (Wildman–Crippen MR) is 89.6 cm³/mol. The summed E-state index contributed by atoms with van der Waals surface area (Å²) in [5.74, 6) is 1.19. The summed E-state index contributed by atoms with van der Waals surface area (Å²) < 4.78 is 0. The van der Waals surface area contributed by atoms with Gasteiger partial charge in [-0.2, -0.15) is 0 Å². The Morgan fingerprint density at radius 1 is 1.14 bits per heavy atom. The van der Waals surface area contributed by atoms with Crippen molar-refractivity contribution in [3.05, 3.63) is 16.1 Å². The number of halogens is 2. The van der Waals surface area contributed by atoms with Crippen LogP contribution in [0.1, 0.15) is 45.4 Å². The maximum Gasteiger partial charge on any atom is 0.147 e. The van der Waals surface area contributed by atoms with Crippen molar-refractivity contribution >= 4 is 34.8 Å². The average Bonchev–Trinajstić information content (AvgIpc) is 2.46. The van der Waals surface area contributed by atoms with Crippen LogP contribution in [0.15, 0.2) is 6.07 Å². The van der Waals surface area contributed by atoms with Gasteiger partial charge in [0.2, 0.25) is 0 Å². The molecule has 0 amide bonds. The molecule has 0 saturated heterocycles. The summed E-state index contributed by atoms with van der Waals surface area (Å²) >= 11 is 12.3. The van der Waals surface area contributed by atoms with E-state index in [2.05, 4.69) is 22.5 Å². The zero-order chi connectivity index (χ0) is 15.3. The first-order valence-electron chi connectivity index (χ1n) is 7.60.